The van der Waals surface area contributed by atoms with Crippen LogP contribution in [0.5, 0.6) is 5.75 Å². The summed E-state index contributed by atoms with van der Waals surface area (Å²) in [4.78, 5) is 2.95. The van der Waals surface area contributed by atoms with Crippen LogP contribution in [0.3, 0.4) is 0 Å². The van der Waals surface area contributed by atoms with E-state index in [1.165, 1.54) is 13.2 Å². The van der Waals surface area contributed by atoms with Crippen LogP contribution >= 0.6 is 0 Å². The second-order valence-corrected chi connectivity index (χ2v) is 3.03. The molecule has 1 heterocycles. The lowest BCUT2D eigenvalue weighted by atomic mass is 10.2. The van der Waals surface area contributed by atoms with Crippen molar-refractivity contribution in [2.24, 2.45) is 0 Å². The number of rotatable bonds is 1. The fourth-order valence-corrected chi connectivity index (χ4v) is 1.43. The van der Waals surface area contributed by atoms with E-state index >= 15 is 0 Å². The molecule has 0 spiro atoms. The molecule has 0 aliphatic rings. The normalized spacial score (nSPS) is 10.7. The number of aromatic nitrogens is 1. The molecule has 0 saturated heterocycles. The Hall–Kier alpha value is -1.51. The van der Waals surface area contributed by atoms with Gasteiger partial charge >= 0.3 is 0 Å². The van der Waals surface area contributed by atoms with Crippen LogP contribution in [0.15, 0.2) is 18.2 Å². The number of nitrogens with one attached hydrogen (secondary N) is 1. The number of fused-ring (bicyclic) bond motifs is 1. The smallest absolute Gasteiger partial charge is 0.150 e. The Kier molecular flexibility index (Phi) is 1.72. The number of benzene rings is 1. The molecule has 0 aliphatic carbocycles. The van der Waals surface area contributed by atoms with Gasteiger partial charge in [0.05, 0.1) is 12.6 Å². The summed E-state index contributed by atoms with van der Waals surface area (Å²) < 4.78 is 18.3. The number of methoxy groups -OCH3 is 1. The number of aryl methyl sites for hydroxylation is 1. The minimum Gasteiger partial charge on any atom is -0.497 e. The van der Waals surface area contributed by atoms with E-state index in [0.29, 0.717) is 11.3 Å². The van der Waals surface area contributed by atoms with E-state index in [2.05, 4.69) is 4.98 Å². The average Bonchev–Trinajstić information content (AvgIpc) is 2.46. The van der Waals surface area contributed by atoms with Gasteiger partial charge in [0.2, 0.25) is 0 Å². The predicted molar refractivity (Wildman–Crippen MR) is 49.5 cm³/mol. The molecule has 1 N–H and O–H groups in total. The Labute approximate surface area is 75.3 Å². The molecule has 0 atom stereocenters. The van der Waals surface area contributed by atoms with Crippen LogP contribution in [0.2, 0.25) is 0 Å². The highest BCUT2D eigenvalue weighted by Gasteiger charge is 2.05. The first-order chi connectivity index (χ1) is 6.20. The van der Waals surface area contributed by atoms with Crippen molar-refractivity contribution in [1.29, 1.82) is 0 Å². The minimum atomic E-state index is -0.276. The van der Waals surface area contributed by atoms with Crippen molar-refractivity contribution in [2.75, 3.05) is 7.11 Å². The van der Waals surface area contributed by atoms with E-state index < -0.39 is 0 Å². The van der Waals surface area contributed by atoms with Gasteiger partial charge in [-0.3, -0.25) is 0 Å². The molecule has 2 aromatic rings. The third-order valence-corrected chi connectivity index (χ3v) is 2.02. The Balaban J connectivity index is 2.75. The highest BCUT2D eigenvalue weighted by atomic mass is 19.1. The van der Waals surface area contributed by atoms with Crippen molar-refractivity contribution in [2.45, 2.75) is 6.92 Å². The summed E-state index contributed by atoms with van der Waals surface area (Å²) in [5, 5.41) is 0.842. The van der Waals surface area contributed by atoms with Crippen LogP contribution in [0.1, 0.15) is 5.69 Å². The molecule has 0 bridgehead atoms. The van der Waals surface area contributed by atoms with Gasteiger partial charge in [-0.15, -0.1) is 0 Å². The van der Waals surface area contributed by atoms with E-state index in [1.807, 2.05) is 19.1 Å². The van der Waals surface area contributed by atoms with Gasteiger partial charge in [-0.25, -0.2) is 4.39 Å². The molecule has 2 nitrogen and oxygen atoms in total. The highest BCUT2D eigenvalue weighted by Crippen LogP contribution is 2.24. The molecule has 0 aliphatic heterocycles. The zero-order valence-corrected chi connectivity index (χ0v) is 7.52. The lowest BCUT2D eigenvalue weighted by molar-refractivity contribution is 0.412. The topological polar surface area (TPSA) is 25.0 Å². The van der Waals surface area contributed by atoms with Gasteiger partial charge in [0.1, 0.15) is 5.75 Å². The van der Waals surface area contributed by atoms with E-state index in [1.54, 1.807) is 0 Å². The Bertz CT molecular complexity index is 447. The summed E-state index contributed by atoms with van der Waals surface area (Å²) in [6.07, 6.45) is 0. The standard InChI is InChI=1S/C10H10FNO/c1-6-3-7-4-8(13-2)5-9(11)10(7)12-6/h3-5,12H,1-2H3. The van der Waals surface area contributed by atoms with Crippen molar-refractivity contribution in [3.63, 3.8) is 0 Å². The number of aromatic amines is 1. The maximum absolute atomic E-state index is 13.3. The number of halogens is 1. The van der Waals surface area contributed by atoms with Crippen molar-refractivity contribution < 1.29 is 9.13 Å². The number of H-pyrrole nitrogens is 1. The summed E-state index contributed by atoms with van der Waals surface area (Å²) >= 11 is 0. The van der Waals surface area contributed by atoms with Crippen molar-refractivity contribution in [1.82, 2.24) is 4.98 Å². The largest absolute Gasteiger partial charge is 0.497 e. The van der Waals surface area contributed by atoms with Crippen LogP contribution < -0.4 is 4.74 Å². The maximum Gasteiger partial charge on any atom is 0.150 e. The first kappa shape index (κ1) is 8.10. The van der Waals surface area contributed by atoms with Gasteiger partial charge in [0.15, 0.2) is 5.82 Å². The lowest BCUT2D eigenvalue weighted by Crippen LogP contribution is -1.84. The molecule has 0 saturated carbocycles. The molecule has 1 aromatic heterocycles. The molecule has 2 rings (SSSR count). The van der Waals surface area contributed by atoms with Crippen LogP contribution in [0.25, 0.3) is 10.9 Å². The van der Waals surface area contributed by atoms with Gasteiger partial charge in [0, 0.05) is 17.1 Å². The number of hydrogen-bond donors (Lipinski definition) is 1. The Morgan fingerprint density at radius 2 is 2.08 bits per heavy atom. The Morgan fingerprint density at radius 3 is 2.77 bits per heavy atom. The zero-order chi connectivity index (χ0) is 9.42. The van der Waals surface area contributed by atoms with E-state index in [-0.39, 0.29) is 5.82 Å². The zero-order valence-electron chi connectivity index (χ0n) is 7.52. The van der Waals surface area contributed by atoms with Gasteiger partial charge in [-0.2, -0.15) is 0 Å². The Morgan fingerprint density at radius 1 is 1.31 bits per heavy atom. The highest BCUT2D eigenvalue weighted by molar-refractivity contribution is 5.82. The second-order valence-electron chi connectivity index (χ2n) is 3.03. The molecule has 13 heavy (non-hydrogen) atoms. The summed E-state index contributed by atoms with van der Waals surface area (Å²) in [6, 6.07) is 5.07. The molecule has 3 heteroatoms. The summed E-state index contributed by atoms with van der Waals surface area (Å²) in [5.41, 5.74) is 1.49. The van der Waals surface area contributed by atoms with Gasteiger partial charge in [-0.1, -0.05) is 0 Å². The molecule has 0 amide bonds. The van der Waals surface area contributed by atoms with E-state index in [0.717, 1.165) is 11.1 Å². The molecular weight excluding hydrogens is 169 g/mol. The van der Waals surface area contributed by atoms with Crippen molar-refractivity contribution in [3.8, 4) is 5.75 Å². The van der Waals surface area contributed by atoms with Crippen molar-refractivity contribution in [3.05, 3.63) is 29.7 Å². The molecule has 68 valence electrons. The fourth-order valence-electron chi connectivity index (χ4n) is 1.43. The molecular formula is C10H10FNO. The van der Waals surface area contributed by atoms with Crippen molar-refractivity contribution >= 4 is 10.9 Å². The average molecular weight is 179 g/mol. The first-order valence-corrected chi connectivity index (χ1v) is 4.03. The lowest BCUT2D eigenvalue weighted by Gasteiger charge is -1.99. The maximum atomic E-state index is 13.3. The molecule has 1 aromatic carbocycles. The van der Waals surface area contributed by atoms with Gasteiger partial charge in [0.25, 0.3) is 0 Å². The SMILES string of the molecule is COc1cc(F)c2[nH]c(C)cc2c1. The van der Waals surface area contributed by atoms with Crippen LogP contribution in [-0.2, 0) is 0 Å². The second kappa shape index (κ2) is 2.76. The third-order valence-electron chi connectivity index (χ3n) is 2.02. The van der Waals surface area contributed by atoms with Gasteiger partial charge in [-0.05, 0) is 19.1 Å². The first-order valence-electron chi connectivity index (χ1n) is 4.03. The van der Waals surface area contributed by atoms with Crippen LogP contribution in [0, 0.1) is 12.7 Å². The molecule has 0 fully saturated rings. The number of hydrogen-bond acceptors (Lipinski definition) is 1. The monoisotopic (exact) mass is 179 g/mol. The summed E-state index contributed by atoms with van der Waals surface area (Å²) in [7, 11) is 1.53. The number of ether oxygens (including phenoxy) is 1. The summed E-state index contributed by atoms with van der Waals surface area (Å²) in [6.45, 7) is 1.89. The third kappa shape index (κ3) is 1.26. The van der Waals surface area contributed by atoms with Crippen LogP contribution in [0.4, 0.5) is 4.39 Å². The fraction of sp³-hybridized carbons (Fsp3) is 0.200. The van der Waals surface area contributed by atoms with Gasteiger partial charge < -0.3 is 9.72 Å². The van der Waals surface area contributed by atoms with E-state index in [4.69, 9.17) is 4.74 Å². The van der Waals surface area contributed by atoms with E-state index in [9.17, 15) is 4.39 Å². The quantitative estimate of drug-likeness (QED) is 0.715. The van der Waals surface area contributed by atoms with Crippen LogP contribution in [-0.4, -0.2) is 12.1 Å². The summed E-state index contributed by atoms with van der Waals surface area (Å²) in [5.74, 6) is 0.270. The molecule has 0 radical (unpaired) electrons. The minimum absolute atomic E-state index is 0.276. The molecule has 0 unspecified atom stereocenters. The predicted octanol–water partition coefficient (Wildman–Crippen LogP) is 2.62.